The number of alkyl halides is 2. The molecule has 0 fully saturated rings. The number of hydrogen-bond acceptors (Lipinski definition) is 3. The molecule has 0 amide bonds. The number of pyridine rings is 2. The van der Waals surface area contributed by atoms with E-state index in [9.17, 15) is 8.78 Å². The van der Waals surface area contributed by atoms with Crippen LogP contribution in [0, 0.1) is 6.92 Å². The first kappa shape index (κ1) is 18.0. The Morgan fingerprint density at radius 2 is 2.00 bits per heavy atom. The Balaban J connectivity index is 1.64. The van der Waals surface area contributed by atoms with Crippen molar-refractivity contribution < 1.29 is 8.78 Å². The highest BCUT2D eigenvalue weighted by Gasteiger charge is 2.26. The summed E-state index contributed by atoms with van der Waals surface area (Å²) in [5.74, 6) is -2.90. The minimum absolute atomic E-state index is 0.183. The Kier molecular flexibility index (Phi) is 4.46. The molecule has 0 spiro atoms. The fourth-order valence-electron chi connectivity index (χ4n) is 3.91. The number of nitrogens with zero attached hydrogens (tertiary/aromatic N) is 4. The molecule has 4 nitrogen and oxygen atoms in total. The molecule has 1 aliphatic heterocycles. The summed E-state index contributed by atoms with van der Waals surface area (Å²) in [5, 5.41) is 1.28. The minimum Gasteiger partial charge on any atom is -0.343 e. The van der Waals surface area contributed by atoms with Crippen LogP contribution in [0.5, 0.6) is 0 Å². The molecule has 0 N–H and O–H groups in total. The van der Waals surface area contributed by atoms with Crippen molar-refractivity contribution in [2.75, 3.05) is 13.6 Å². The molecule has 6 heteroatoms. The van der Waals surface area contributed by atoms with Gasteiger partial charge in [0.15, 0.2) is 0 Å². The molecule has 0 atom stereocenters. The molecular formula is C21H24F2N4. The van der Waals surface area contributed by atoms with E-state index in [1.807, 2.05) is 13.1 Å². The quantitative estimate of drug-likeness (QED) is 0.694. The van der Waals surface area contributed by atoms with E-state index in [1.165, 1.54) is 22.7 Å². The molecule has 1 aliphatic rings. The third kappa shape index (κ3) is 3.46. The molecule has 4 rings (SSSR count). The van der Waals surface area contributed by atoms with Crippen LogP contribution in [0.4, 0.5) is 8.78 Å². The Morgan fingerprint density at radius 1 is 1.19 bits per heavy atom. The van der Waals surface area contributed by atoms with Gasteiger partial charge in [0.25, 0.3) is 5.92 Å². The number of rotatable bonds is 4. The topological polar surface area (TPSA) is 34.0 Å². The van der Waals surface area contributed by atoms with Gasteiger partial charge in [-0.25, -0.2) is 0 Å². The van der Waals surface area contributed by atoms with Crippen molar-refractivity contribution in [1.82, 2.24) is 19.4 Å². The summed E-state index contributed by atoms with van der Waals surface area (Å²) in [6.07, 6.45) is 5.30. The van der Waals surface area contributed by atoms with Crippen LogP contribution in [0.1, 0.15) is 35.1 Å². The average molecular weight is 370 g/mol. The van der Waals surface area contributed by atoms with E-state index in [0.29, 0.717) is 0 Å². The largest absolute Gasteiger partial charge is 0.343 e. The first-order valence-corrected chi connectivity index (χ1v) is 9.31. The number of fused-ring (bicyclic) bond motifs is 3. The monoisotopic (exact) mass is 370 g/mol. The van der Waals surface area contributed by atoms with E-state index in [0.717, 1.165) is 56.2 Å². The summed E-state index contributed by atoms with van der Waals surface area (Å²) in [6, 6.07) is 5.36. The zero-order chi connectivity index (χ0) is 19.2. The van der Waals surface area contributed by atoms with Crippen LogP contribution in [-0.4, -0.2) is 33.0 Å². The third-order valence-electron chi connectivity index (χ3n) is 5.37. The van der Waals surface area contributed by atoms with Crippen molar-refractivity contribution in [2.45, 2.75) is 45.7 Å². The van der Waals surface area contributed by atoms with Crippen molar-refractivity contribution in [1.29, 1.82) is 0 Å². The second-order valence-electron chi connectivity index (χ2n) is 7.60. The summed E-state index contributed by atoms with van der Waals surface area (Å²) in [7, 11) is 2.15. The molecule has 0 radical (unpaired) electrons. The van der Waals surface area contributed by atoms with Gasteiger partial charge in [-0.1, -0.05) is 6.07 Å². The molecule has 3 aromatic heterocycles. The van der Waals surface area contributed by atoms with E-state index < -0.39 is 5.92 Å². The lowest BCUT2D eigenvalue weighted by Crippen LogP contribution is -2.27. The van der Waals surface area contributed by atoms with Crippen LogP contribution in [0.2, 0.25) is 0 Å². The normalized spacial score (nSPS) is 15.3. The van der Waals surface area contributed by atoms with Gasteiger partial charge in [0, 0.05) is 55.9 Å². The van der Waals surface area contributed by atoms with Crippen molar-refractivity contribution in [3.63, 3.8) is 0 Å². The van der Waals surface area contributed by atoms with Crippen molar-refractivity contribution >= 4 is 10.9 Å². The number of likely N-dealkylation sites (N-methyl/N-ethyl adjacent to an activating group) is 1. The number of hydrogen-bond donors (Lipinski definition) is 0. The molecule has 0 unspecified atom stereocenters. The fraction of sp³-hybridized carbons (Fsp3) is 0.429. The molecule has 4 heterocycles. The maximum absolute atomic E-state index is 13.3. The lowest BCUT2D eigenvalue weighted by Gasteiger charge is -2.24. The van der Waals surface area contributed by atoms with E-state index in [1.54, 1.807) is 12.3 Å². The van der Waals surface area contributed by atoms with Gasteiger partial charge in [0.2, 0.25) is 0 Å². The molecule has 0 aromatic carbocycles. The summed E-state index contributed by atoms with van der Waals surface area (Å²) in [4.78, 5) is 10.8. The van der Waals surface area contributed by atoms with Crippen LogP contribution in [0.15, 0.2) is 30.6 Å². The van der Waals surface area contributed by atoms with E-state index in [-0.39, 0.29) is 5.69 Å². The van der Waals surface area contributed by atoms with Gasteiger partial charge >= 0.3 is 0 Å². The van der Waals surface area contributed by atoms with E-state index >= 15 is 0 Å². The standard InChI is InChI=1S/C21H24F2N4/c1-14-10-16-17-13-26(3)8-7-18(17)27(19(16)12-24-14)9-6-15-4-5-20(25-11-15)21(2,22)23/h4-5,10-12H,6-9,13H2,1-3H3. The van der Waals surface area contributed by atoms with Gasteiger partial charge in [-0.3, -0.25) is 9.97 Å². The van der Waals surface area contributed by atoms with Crippen molar-refractivity contribution in [3.05, 3.63) is 58.8 Å². The average Bonchev–Trinajstić information content (AvgIpc) is 2.92. The lowest BCUT2D eigenvalue weighted by molar-refractivity contribution is 0.0127. The predicted octanol–water partition coefficient (Wildman–Crippen LogP) is 4.08. The first-order chi connectivity index (χ1) is 12.8. The van der Waals surface area contributed by atoms with Gasteiger partial charge in [-0.05, 0) is 43.7 Å². The summed E-state index contributed by atoms with van der Waals surface area (Å²) >= 11 is 0. The number of aromatic nitrogens is 3. The van der Waals surface area contributed by atoms with Crippen molar-refractivity contribution in [2.24, 2.45) is 0 Å². The van der Waals surface area contributed by atoms with Crippen LogP contribution in [0.3, 0.4) is 0 Å². The molecular weight excluding hydrogens is 346 g/mol. The zero-order valence-electron chi connectivity index (χ0n) is 16.0. The van der Waals surface area contributed by atoms with Crippen molar-refractivity contribution in [3.8, 4) is 0 Å². The van der Waals surface area contributed by atoms with E-state index in [2.05, 4.69) is 32.5 Å². The molecule has 0 bridgehead atoms. The highest BCUT2D eigenvalue weighted by Crippen LogP contribution is 2.31. The molecule has 3 aromatic rings. The molecule has 0 saturated carbocycles. The van der Waals surface area contributed by atoms with Crippen LogP contribution in [0.25, 0.3) is 10.9 Å². The van der Waals surface area contributed by atoms with Crippen LogP contribution in [-0.2, 0) is 31.9 Å². The SMILES string of the molecule is Cc1cc2c3c(n(CCc4ccc(C(C)(F)F)nc4)c2cn1)CCN(C)C3. The highest BCUT2D eigenvalue weighted by molar-refractivity contribution is 5.85. The summed E-state index contributed by atoms with van der Waals surface area (Å²) in [6.45, 7) is 5.68. The minimum atomic E-state index is -2.90. The second kappa shape index (κ2) is 6.68. The molecule has 0 aliphatic carbocycles. The van der Waals surface area contributed by atoms with Gasteiger partial charge < -0.3 is 9.47 Å². The van der Waals surface area contributed by atoms with Gasteiger partial charge in [-0.15, -0.1) is 0 Å². The zero-order valence-corrected chi connectivity index (χ0v) is 16.0. The molecule has 0 saturated heterocycles. The summed E-state index contributed by atoms with van der Waals surface area (Å²) in [5.41, 5.74) is 5.73. The third-order valence-corrected chi connectivity index (χ3v) is 5.37. The van der Waals surface area contributed by atoms with Crippen LogP contribution >= 0.6 is 0 Å². The Labute approximate surface area is 157 Å². The maximum atomic E-state index is 13.3. The van der Waals surface area contributed by atoms with Crippen LogP contribution < -0.4 is 0 Å². The molecule has 142 valence electrons. The Bertz CT molecular complexity index is 970. The Morgan fingerprint density at radius 3 is 2.70 bits per heavy atom. The maximum Gasteiger partial charge on any atom is 0.286 e. The lowest BCUT2D eigenvalue weighted by atomic mass is 10.1. The smallest absolute Gasteiger partial charge is 0.286 e. The van der Waals surface area contributed by atoms with E-state index in [4.69, 9.17) is 0 Å². The number of halogens is 2. The summed E-state index contributed by atoms with van der Waals surface area (Å²) < 4.78 is 29.0. The van der Waals surface area contributed by atoms with Gasteiger partial charge in [0.05, 0.1) is 11.7 Å². The first-order valence-electron chi connectivity index (χ1n) is 9.31. The van der Waals surface area contributed by atoms with Gasteiger partial charge in [0.1, 0.15) is 5.69 Å². The predicted molar refractivity (Wildman–Crippen MR) is 102 cm³/mol. The highest BCUT2D eigenvalue weighted by atomic mass is 19.3. The fourth-order valence-corrected chi connectivity index (χ4v) is 3.91. The van der Waals surface area contributed by atoms with Gasteiger partial charge in [-0.2, -0.15) is 8.78 Å². The molecule has 27 heavy (non-hydrogen) atoms. The second-order valence-corrected chi connectivity index (χ2v) is 7.60. The Hall–Kier alpha value is -2.34. The number of aryl methyl sites for hydroxylation is 3.